The predicted molar refractivity (Wildman–Crippen MR) is 71.8 cm³/mol. The molecular formula is C16H20O3. The van der Waals surface area contributed by atoms with Crippen LogP contribution in [0.5, 0.6) is 0 Å². The SMILES string of the molecule is COC(=O)C1[C@@]2(c3ccccc3)CCCC[C@@]12OC. The van der Waals surface area contributed by atoms with E-state index in [0.717, 1.165) is 25.7 Å². The van der Waals surface area contributed by atoms with Gasteiger partial charge in [-0.15, -0.1) is 0 Å². The highest BCUT2D eigenvalue weighted by atomic mass is 16.5. The molecule has 0 heterocycles. The van der Waals surface area contributed by atoms with Gasteiger partial charge in [0.1, 0.15) is 0 Å². The van der Waals surface area contributed by atoms with Crippen LogP contribution in [0.1, 0.15) is 31.2 Å². The molecule has 2 saturated carbocycles. The Morgan fingerprint density at radius 3 is 2.47 bits per heavy atom. The molecular weight excluding hydrogens is 240 g/mol. The minimum atomic E-state index is -0.348. The normalized spacial score (nSPS) is 36.4. The van der Waals surface area contributed by atoms with Crippen LogP contribution in [-0.2, 0) is 19.7 Å². The fourth-order valence-electron chi connectivity index (χ4n) is 4.29. The maximum atomic E-state index is 12.2. The second kappa shape index (κ2) is 4.34. The van der Waals surface area contributed by atoms with Gasteiger partial charge in [0, 0.05) is 12.5 Å². The van der Waals surface area contributed by atoms with Gasteiger partial charge in [0.2, 0.25) is 0 Å². The number of esters is 1. The smallest absolute Gasteiger partial charge is 0.312 e. The summed E-state index contributed by atoms with van der Waals surface area (Å²) in [5.41, 5.74) is 0.695. The monoisotopic (exact) mass is 260 g/mol. The number of benzene rings is 1. The topological polar surface area (TPSA) is 35.5 Å². The zero-order valence-corrected chi connectivity index (χ0v) is 11.5. The summed E-state index contributed by atoms with van der Waals surface area (Å²) >= 11 is 0. The van der Waals surface area contributed by atoms with E-state index in [-0.39, 0.29) is 22.9 Å². The maximum absolute atomic E-state index is 12.2. The molecule has 1 aromatic rings. The summed E-state index contributed by atoms with van der Waals surface area (Å²) in [5, 5.41) is 0. The van der Waals surface area contributed by atoms with Crippen molar-refractivity contribution >= 4 is 5.97 Å². The van der Waals surface area contributed by atoms with E-state index in [1.54, 1.807) is 7.11 Å². The third-order valence-corrected chi connectivity index (χ3v) is 5.09. The Morgan fingerprint density at radius 1 is 1.16 bits per heavy atom. The van der Waals surface area contributed by atoms with E-state index in [1.165, 1.54) is 12.7 Å². The Hall–Kier alpha value is -1.35. The van der Waals surface area contributed by atoms with E-state index < -0.39 is 0 Å². The Labute approximate surface area is 113 Å². The molecule has 1 unspecified atom stereocenters. The number of ether oxygens (including phenoxy) is 2. The number of rotatable bonds is 3. The fraction of sp³-hybridized carbons (Fsp3) is 0.562. The van der Waals surface area contributed by atoms with Gasteiger partial charge in [0.15, 0.2) is 0 Å². The lowest BCUT2D eigenvalue weighted by molar-refractivity contribution is -0.144. The van der Waals surface area contributed by atoms with Crippen molar-refractivity contribution in [2.75, 3.05) is 14.2 Å². The van der Waals surface area contributed by atoms with Crippen molar-refractivity contribution in [3.05, 3.63) is 35.9 Å². The van der Waals surface area contributed by atoms with Gasteiger partial charge in [-0.25, -0.2) is 0 Å². The van der Waals surface area contributed by atoms with Crippen molar-refractivity contribution in [1.29, 1.82) is 0 Å². The lowest BCUT2D eigenvalue weighted by Gasteiger charge is -2.29. The molecule has 3 nitrogen and oxygen atoms in total. The molecule has 0 spiro atoms. The van der Waals surface area contributed by atoms with E-state index >= 15 is 0 Å². The highest BCUT2D eigenvalue weighted by molar-refractivity contribution is 5.83. The van der Waals surface area contributed by atoms with Gasteiger partial charge in [-0.2, -0.15) is 0 Å². The van der Waals surface area contributed by atoms with Crippen LogP contribution in [-0.4, -0.2) is 25.8 Å². The Morgan fingerprint density at radius 2 is 1.84 bits per heavy atom. The molecule has 3 rings (SSSR count). The van der Waals surface area contributed by atoms with Gasteiger partial charge < -0.3 is 9.47 Å². The predicted octanol–water partition coefficient (Wildman–Crippen LogP) is 2.69. The van der Waals surface area contributed by atoms with Gasteiger partial charge in [0.25, 0.3) is 0 Å². The van der Waals surface area contributed by atoms with Crippen LogP contribution in [0.4, 0.5) is 0 Å². The summed E-state index contributed by atoms with van der Waals surface area (Å²) in [5.74, 6) is -0.285. The van der Waals surface area contributed by atoms with Crippen LogP contribution in [0.3, 0.4) is 0 Å². The number of hydrogen-bond donors (Lipinski definition) is 0. The minimum Gasteiger partial charge on any atom is -0.469 e. The van der Waals surface area contributed by atoms with Gasteiger partial charge >= 0.3 is 5.97 Å². The fourth-order valence-corrected chi connectivity index (χ4v) is 4.29. The molecule has 2 aliphatic rings. The van der Waals surface area contributed by atoms with E-state index in [2.05, 4.69) is 12.1 Å². The maximum Gasteiger partial charge on any atom is 0.312 e. The highest BCUT2D eigenvalue weighted by Gasteiger charge is 2.81. The molecule has 0 bridgehead atoms. The van der Waals surface area contributed by atoms with Crippen molar-refractivity contribution < 1.29 is 14.3 Å². The molecule has 0 aromatic heterocycles. The summed E-state index contributed by atoms with van der Waals surface area (Å²) in [6.45, 7) is 0. The summed E-state index contributed by atoms with van der Waals surface area (Å²) < 4.78 is 10.9. The molecule has 102 valence electrons. The summed E-state index contributed by atoms with van der Waals surface area (Å²) in [6, 6.07) is 10.3. The van der Waals surface area contributed by atoms with E-state index in [1.807, 2.05) is 18.2 Å². The summed E-state index contributed by atoms with van der Waals surface area (Å²) in [4.78, 5) is 12.2. The molecule has 0 radical (unpaired) electrons. The van der Waals surface area contributed by atoms with Crippen molar-refractivity contribution in [2.45, 2.75) is 36.7 Å². The zero-order valence-electron chi connectivity index (χ0n) is 11.5. The van der Waals surface area contributed by atoms with Crippen molar-refractivity contribution in [2.24, 2.45) is 5.92 Å². The summed E-state index contributed by atoms with van der Waals surface area (Å²) in [7, 11) is 3.20. The van der Waals surface area contributed by atoms with E-state index in [4.69, 9.17) is 9.47 Å². The molecule has 0 N–H and O–H groups in total. The van der Waals surface area contributed by atoms with Crippen LogP contribution in [0.2, 0.25) is 0 Å². The standard InChI is InChI=1S/C16H20O3/c1-18-14(17)13-15(12-8-4-3-5-9-12)10-6-7-11-16(13,15)19-2/h3-5,8-9,13H,6-7,10-11H2,1-2H3/t13?,15-,16+/m0/s1. The molecule has 2 aliphatic carbocycles. The first-order valence-corrected chi connectivity index (χ1v) is 6.91. The van der Waals surface area contributed by atoms with E-state index in [0.29, 0.717) is 0 Å². The molecule has 0 aliphatic heterocycles. The van der Waals surface area contributed by atoms with Gasteiger partial charge in [-0.05, 0) is 18.4 Å². The van der Waals surface area contributed by atoms with Crippen LogP contribution in [0, 0.1) is 5.92 Å². The molecule has 0 amide bonds. The molecule has 1 aromatic carbocycles. The van der Waals surface area contributed by atoms with Crippen molar-refractivity contribution in [1.82, 2.24) is 0 Å². The lowest BCUT2D eigenvalue weighted by Crippen LogP contribution is -2.29. The Bertz CT molecular complexity index is 484. The van der Waals surface area contributed by atoms with Crippen molar-refractivity contribution in [3.63, 3.8) is 0 Å². The minimum absolute atomic E-state index is 0.132. The van der Waals surface area contributed by atoms with Crippen LogP contribution < -0.4 is 0 Å². The Kier molecular flexibility index (Phi) is 2.90. The van der Waals surface area contributed by atoms with Crippen molar-refractivity contribution in [3.8, 4) is 0 Å². The number of hydrogen-bond acceptors (Lipinski definition) is 3. The van der Waals surface area contributed by atoms with Crippen LogP contribution in [0.15, 0.2) is 30.3 Å². The third-order valence-electron chi connectivity index (χ3n) is 5.09. The molecule has 3 heteroatoms. The molecule has 19 heavy (non-hydrogen) atoms. The molecule has 2 fully saturated rings. The van der Waals surface area contributed by atoms with Gasteiger partial charge in [-0.1, -0.05) is 43.2 Å². The average Bonchev–Trinajstić information content (AvgIpc) is 3.12. The molecule has 3 atom stereocenters. The first-order valence-electron chi connectivity index (χ1n) is 6.91. The Balaban J connectivity index is 2.08. The number of methoxy groups -OCH3 is 2. The number of carbonyl (C=O) groups is 1. The highest BCUT2D eigenvalue weighted by Crippen LogP contribution is 2.71. The van der Waals surface area contributed by atoms with Gasteiger partial charge in [-0.3, -0.25) is 4.79 Å². The quantitative estimate of drug-likeness (QED) is 0.784. The zero-order chi connectivity index (χ0) is 13.5. The van der Waals surface area contributed by atoms with Gasteiger partial charge in [0.05, 0.1) is 18.6 Å². The molecule has 0 saturated heterocycles. The average molecular weight is 260 g/mol. The third kappa shape index (κ3) is 1.45. The first-order chi connectivity index (χ1) is 9.23. The van der Waals surface area contributed by atoms with Crippen LogP contribution >= 0.6 is 0 Å². The number of fused-ring (bicyclic) bond motifs is 1. The second-order valence-electron chi connectivity index (χ2n) is 5.59. The number of carbonyl (C=O) groups excluding carboxylic acids is 1. The summed E-state index contributed by atoms with van der Waals surface area (Å²) in [6.07, 6.45) is 4.21. The second-order valence-corrected chi connectivity index (χ2v) is 5.59. The van der Waals surface area contributed by atoms with Crippen LogP contribution in [0.25, 0.3) is 0 Å². The first kappa shape index (κ1) is 12.7. The van der Waals surface area contributed by atoms with E-state index in [9.17, 15) is 4.79 Å². The lowest BCUT2D eigenvalue weighted by atomic mass is 9.80. The largest absolute Gasteiger partial charge is 0.469 e.